The molecule has 19 heavy (non-hydrogen) atoms. The van der Waals surface area contributed by atoms with Gasteiger partial charge in [-0.3, -0.25) is 4.79 Å². The van der Waals surface area contributed by atoms with Crippen LogP contribution in [0.25, 0.3) is 0 Å². The van der Waals surface area contributed by atoms with Crippen molar-refractivity contribution >= 4 is 5.91 Å². The van der Waals surface area contributed by atoms with Crippen molar-refractivity contribution in [2.45, 2.75) is 51.2 Å². The number of likely N-dealkylation sites (tertiary alicyclic amines) is 1. The molecule has 2 aliphatic rings. The minimum atomic E-state index is 0.188. The van der Waals surface area contributed by atoms with E-state index in [0.717, 1.165) is 25.2 Å². The molecule has 0 aromatic carbocycles. The highest BCUT2D eigenvalue weighted by molar-refractivity contribution is 5.93. The number of hydrogen-bond donors (Lipinski definition) is 1. The first-order chi connectivity index (χ1) is 9.15. The Morgan fingerprint density at radius 2 is 2.11 bits per heavy atom. The molecule has 2 saturated heterocycles. The van der Waals surface area contributed by atoms with E-state index in [1.54, 1.807) is 0 Å². The first-order valence-corrected chi connectivity index (χ1v) is 7.37. The zero-order valence-corrected chi connectivity index (χ0v) is 11.8. The Morgan fingerprint density at radius 1 is 1.32 bits per heavy atom. The first-order valence-electron chi connectivity index (χ1n) is 7.37. The van der Waals surface area contributed by atoms with E-state index in [2.05, 4.69) is 23.7 Å². The minimum Gasteiger partial charge on any atom is -0.341 e. The Balaban J connectivity index is 1.78. The van der Waals surface area contributed by atoms with Crippen molar-refractivity contribution in [3.8, 4) is 0 Å². The van der Waals surface area contributed by atoms with Gasteiger partial charge in [0.05, 0.1) is 0 Å². The van der Waals surface area contributed by atoms with Crippen molar-refractivity contribution in [2.75, 3.05) is 13.1 Å². The van der Waals surface area contributed by atoms with Crippen LogP contribution in [0, 0.1) is 0 Å². The molecule has 2 atom stereocenters. The van der Waals surface area contributed by atoms with Gasteiger partial charge in [0.2, 0.25) is 0 Å². The molecule has 0 radical (unpaired) electrons. The normalized spacial score (nSPS) is 26.8. The lowest BCUT2D eigenvalue weighted by Crippen LogP contribution is -2.39. The Kier molecular flexibility index (Phi) is 3.35. The zero-order chi connectivity index (χ0) is 13.4. The van der Waals surface area contributed by atoms with E-state index >= 15 is 0 Å². The van der Waals surface area contributed by atoms with Crippen LogP contribution in [-0.2, 0) is 0 Å². The van der Waals surface area contributed by atoms with E-state index in [0.29, 0.717) is 18.1 Å². The molecule has 1 N–H and O–H groups in total. The molecule has 3 rings (SSSR count). The summed E-state index contributed by atoms with van der Waals surface area (Å²) in [7, 11) is 0. The molecule has 0 spiro atoms. The first kappa shape index (κ1) is 12.7. The Bertz CT molecular complexity index is 466. The van der Waals surface area contributed by atoms with Crippen LogP contribution in [-0.4, -0.2) is 40.5 Å². The molecular formula is C15H23N3O. The summed E-state index contributed by atoms with van der Waals surface area (Å²) in [4.78, 5) is 14.7. The monoisotopic (exact) mass is 261 g/mol. The molecule has 4 nitrogen and oxygen atoms in total. The van der Waals surface area contributed by atoms with E-state index in [1.807, 2.05) is 23.2 Å². The Hall–Kier alpha value is -1.29. The van der Waals surface area contributed by atoms with Crippen LogP contribution in [0.4, 0.5) is 0 Å². The number of nitrogens with one attached hydrogen (secondary N) is 1. The standard InChI is InChI=1S/C15H23N3O/c1-11(2)18-8-3-4-14(18)15(19)17-9-7-12-5-6-13(10-17)16-12/h3-4,8,11-13,16H,5-7,9-10H2,1-2H3. The van der Waals surface area contributed by atoms with Crippen molar-refractivity contribution in [3.05, 3.63) is 24.0 Å². The second-order valence-electron chi connectivity index (χ2n) is 6.07. The predicted octanol–water partition coefficient (Wildman–Crippen LogP) is 2.04. The van der Waals surface area contributed by atoms with Crippen LogP contribution >= 0.6 is 0 Å². The summed E-state index contributed by atoms with van der Waals surface area (Å²) in [5.41, 5.74) is 0.827. The summed E-state index contributed by atoms with van der Waals surface area (Å²) in [6.45, 7) is 5.97. The van der Waals surface area contributed by atoms with Gasteiger partial charge < -0.3 is 14.8 Å². The van der Waals surface area contributed by atoms with Gasteiger partial charge in [0.25, 0.3) is 5.91 Å². The average Bonchev–Trinajstić information content (AvgIpc) is 2.95. The van der Waals surface area contributed by atoms with Gasteiger partial charge in [0.1, 0.15) is 5.69 Å². The van der Waals surface area contributed by atoms with E-state index in [4.69, 9.17) is 0 Å². The second-order valence-corrected chi connectivity index (χ2v) is 6.07. The topological polar surface area (TPSA) is 37.3 Å². The van der Waals surface area contributed by atoms with Crippen molar-refractivity contribution < 1.29 is 4.79 Å². The summed E-state index contributed by atoms with van der Waals surface area (Å²) in [5.74, 6) is 0.188. The number of carbonyl (C=O) groups is 1. The lowest BCUT2D eigenvalue weighted by Gasteiger charge is -2.25. The molecule has 1 amide bonds. The number of aromatic nitrogens is 1. The number of rotatable bonds is 2. The number of amides is 1. The molecule has 0 saturated carbocycles. The SMILES string of the molecule is CC(C)n1cccc1C(=O)N1CCC2CCC(C1)N2. The van der Waals surface area contributed by atoms with Crippen LogP contribution < -0.4 is 5.32 Å². The van der Waals surface area contributed by atoms with Crippen LogP contribution in [0.15, 0.2) is 18.3 Å². The van der Waals surface area contributed by atoms with Gasteiger partial charge in [0.15, 0.2) is 0 Å². The molecule has 1 aromatic heterocycles. The highest BCUT2D eigenvalue weighted by Gasteiger charge is 2.32. The molecular weight excluding hydrogens is 238 g/mol. The third-order valence-electron chi connectivity index (χ3n) is 4.36. The van der Waals surface area contributed by atoms with Crippen molar-refractivity contribution in [1.82, 2.24) is 14.8 Å². The fourth-order valence-electron chi connectivity index (χ4n) is 3.31. The summed E-state index contributed by atoms with van der Waals surface area (Å²) in [6, 6.07) is 5.36. The van der Waals surface area contributed by atoms with E-state index in [9.17, 15) is 4.79 Å². The van der Waals surface area contributed by atoms with Gasteiger partial charge >= 0.3 is 0 Å². The van der Waals surface area contributed by atoms with Crippen LogP contribution in [0.3, 0.4) is 0 Å². The second kappa shape index (κ2) is 5.00. The van der Waals surface area contributed by atoms with Gasteiger partial charge in [-0.1, -0.05) is 0 Å². The number of fused-ring (bicyclic) bond motifs is 2. The zero-order valence-electron chi connectivity index (χ0n) is 11.8. The number of nitrogens with zero attached hydrogens (tertiary/aromatic N) is 2. The lowest BCUT2D eigenvalue weighted by atomic mass is 10.1. The number of carbonyl (C=O) groups excluding carboxylic acids is 1. The van der Waals surface area contributed by atoms with Crippen molar-refractivity contribution in [1.29, 1.82) is 0 Å². The molecule has 2 bridgehead atoms. The molecule has 4 heteroatoms. The maximum Gasteiger partial charge on any atom is 0.270 e. The van der Waals surface area contributed by atoms with Crippen molar-refractivity contribution in [2.24, 2.45) is 0 Å². The summed E-state index contributed by atoms with van der Waals surface area (Å²) in [5, 5.41) is 3.62. The Labute approximate surface area is 114 Å². The van der Waals surface area contributed by atoms with Crippen LogP contribution in [0.2, 0.25) is 0 Å². The van der Waals surface area contributed by atoms with E-state index in [-0.39, 0.29) is 5.91 Å². The Morgan fingerprint density at radius 3 is 2.89 bits per heavy atom. The fraction of sp³-hybridized carbons (Fsp3) is 0.667. The maximum atomic E-state index is 12.7. The quantitative estimate of drug-likeness (QED) is 0.884. The largest absolute Gasteiger partial charge is 0.341 e. The minimum absolute atomic E-state index is 0.188. The van der Waals surface area contributed by atoms with Crippen LogP contribution in [0.1, 0.15) is 49.6 Å². The molecule has 2 unspecified atom stereocenters. The number of hydrogen-bond acceptors (Lipinski definition) is 2. The van der Waals surface area contributed by atoms with Crippen LogP contribution in [0.5, 0.6) is 0 Å². The van der Waals surface area contributed by atoms with Gasteiger partial charge in [0, 0.05) is 37.4 Å². The molecule has 2 fully saturated rings. The van der Waals surface area contributed by atoms with Gasteiger partial charge in [-0.2, -0.15) is 0 Å². The molecule has 2 aliphatic heterocycles. The van der Waals surface area contributed by atoms with E-state index in [1.165, 1.54) is 12.8 Å². The predicted molar refractivity (Wildman–Crippen MR) is 75.3 cm³/mol. The van der Waals surface area contributed by atoms with Crippen molar-refractivity contribution in [3.63, 3.8) is 0 Å². The molecule has 1 aromatic rings. The van der Waals surface area contributed by atoms with Gasteiger partial charge in [-0.05, 0) is 45.2 Å². The molecule has 104 valence electrons. The van der Waals surface area contributed by atoms with Gasteiger partial charge in [-0.15, -0.1) is 0 Å². The highest BCUT2D eigenvalue weighted by atomic mass is 16.2. The summed E-state index contributed by atoms with van der Waals surface area (Å²) < 4.78 is 2.07. The summed E-state index contributed by atoms with van der Waals surface area (Å²) in [6.07, 6.45) is 5.57. The lowest BCUT2D eigenvalue weighted by molar-refractivity contribution is 0.0735. The summed E-state index contributed by atoms with van der Waals surface area (Å²) >= 11 is 0. The maximum absolute atomic E-state index is 12.7. The molecule has 0 aliphatic carbocycles. The third kappa shape index (κ3) is 2.41. The third-order valence-corrected chi connectivity index (χ3v) is 4.36. The smallest absolute Gasteiger partial charge is 0.270 e. The highest BCUT2D eigenvalue weighted by Crippen LogP contribution is 2.22. The molecule has 3 heterocycles. The average molecular weight is 261 g/mol. The van der Waals surface area contributed by atoms with Gasteiger partial charge in [-0.25, -0.2) is 0 Å². The van der Waals surface area contributed by atoms with E-state index < -0.39 is 0 Å². The fourth-order valence-corrected chi connectivity index (χ4v) is 3.31.